The van der Waals surface area contributed by atoms with Gasteiger partial charge in [0.25, 0.3) is 0 Å². The Hall–Kier alpha value is -5.15. The number of urea groups is 1. The number of carbonyl (C=O) groups is 3. The van der Waals surface area contributed by atoms with Gasteiger partial charge in [0.1, 0.15) is 18.0 Å². The molecule has 9 nitrogen and oxygen atoms in total. The molecule has 2 N–H and O–H groups in total. The van der Waals surface area contributed by atoms with E-state index in [0.717, 1.165) is 22.3 Å². The van der Waals surface area contributed by atoms with E-state index in [2.05, 4.69) is 29.6 Å². The van der Waals surface area contributed by atoms with Crippen LogP contribution in [0.4, 0.5) is 4.79 Å². The molecule has 2 saturated heterocycles. The first kappa shape index (κ1) is 29.9. The van der Waals surface area contributed by atoms with E-state index >= 15 is 0 Å². The van der Waals surface area contributed by atoms with E-state index in [-0.39, 0.29) is 49.0 Å². The van der Waals surface area contributed by atoms with Crippen molar-refractivity contribution in [2.45, 2.75) is 31.1 Å². The van der Waals surface area contributed by atoms with Gasteiger partial charge >= 0.3 is 6.03 Å². The van der Waals surface area contributed by atoms with Gasteiger partial charge in [0, 0.05) is 32.5 Å². The fourth-order valence-electron chi connectivity index (χ4n) is 6.37. The minimum Gasteiger partial charge on any atom is -0.508 e. The van der Waals surface area contributed by atoms with E-state index in [1.807, 2.05) is 66.7 Å². The Bertz CT molecular complexity index is 1580. The van der Waals surface area contributed by atoms with Crippen LogP contribution in [0.25, 0.3) is 0 Å². The van der Waals surface area contributed by atoms with Crippen LogP contribution in [0.2, 0.25) is 0 Å². The van der Waals surface area contributed by atoms with Crippen LogP contribution >= 0.6 is 0 Å². The van der Waals surface area contributed by atoms with Gasteiger partial charge in [-0.25, -0.2) is 14.8 Å². The molecule has 2 fully saturated rings. The molecule has 9 heteroatoms. The SMILES string of the molecule is CN1CC(=O)N2C(CN(CC(c3ccccc3)c3ccccc3)C(=O)[C@@H]2Cc2ccc(O)cc2)N1C(=O)NCc1ccccc1. The van der Waals surface area contributed by atoms with Crippen LogP contribution in [-0.4, -0.2) is 81.7 Å². The first-order chi connectivity index (χ1) is 21.9. The average Bonchev–Trinajstić information content (AvgIpc) is 3.06. The summed E-state index contributed by atoms with van der Waals surface area (Å²) in [5.41, 5.74) is 3.91. The van der Waals surface area contributed by atoms with Gasteiger partial charge in [0.2, 0.25) is 11.8 Å². The molecule has 0 aliphatic carbocycles. The monoisotopic (exact) mass is 603 g/mol. The number of carbonyl (C=O) groups excluding carboxylic acids is 3. The molecule has 1 unspecified atom stereocenters. The summed E-state index contributed by atoms with van der Waals surface area (Å²) in [6, 6.07) is 35.3. The summed E-state index contributed by atoms with van der Waals surface area (Å²) >= 11 is 0. The number of hydrazine groups is 1. The molecule has 2 aliphatic rings. The summed E-state index contributed by atoms with van der Waals surface area (Å²) in [5, 5.41) is 16.1. The van der Waals surface area contributed by atoms with Crippen LogP contribution < -0.4 is 5.32 Å². The number of hydrogen-bond donors (Lipinski definition) is 2. The third-order valence-electron chi connectivity index (χ3n) is 8.61. The Labute approximate surface area is 263 Å². The number of likely N-dealkylation sites (N-methyl/N-ethyl adjacent to an activating group) is 1. The molecule has 2 aliphatic heterocycles. The van der Waals surface area contributed by atoms with Crippen molar-refractivity contribution >= 4 is 17.8 Å². The van der Waals surface area contributed by atoms with Gasteiger partial charge in [-0.1, -0.05) is 103 Å². The van der Waals surface area contributed by atoms with E-state index in [1.165, 1.54) is 0 Å². The molecule has 230 valence electrons. The number of amides is 4. The van der Waals surface area contributed by atoms with Crippen LogP contribution in [0.1, 0.15) is 28.2 Å². The number of phenolic OH excluding ortho intramolecular Hbond substituents is 1. The standard InChI is InChI=1S/C36H37N5O4/c1-38-25-34(43)40-32(21-26-17-19-30(42)20-18-26)35(44)39(23-31(28-13-7-3-8-14-28)29-15-9-4-10-16-29)24-33(40)41(38)36(45)37-22-27-11-5-2-6-12-27/h2-20,31-33,42H,21-25H2,1H3,(H,37,45)/t32-,33?/m0/s1. The van der Waals surface area contributed by atoms with E-state index in [9.17, 15) is 19.5 Å². The van der Waals surface area contributed by atoms with Gasteiger partial charge in [-0.3, -0.25) is 9.59 Å². The smallest absolute Gasteiger partial charge is 0.334 e. The number of benzene rings is 4. The average molecular weight is 604 g/mol. The molecule has 0 saturated carbocycles. The van der Waals surface area contributed by atoms with Crippen molar-refractivity contribution in [3.63, 3.8) is 0 Å². The molecule has 4 amide bonds. The fraction of sp³-hybridized carbons (Fsp3) is 0.250. The maximum atomic E-state index is 14.4. The van der Waals surface area contributed by atoms with Crippen molar-refractivity contribution < 1.29 is 19.5 Å². The molecule has 0 radical (unpaired) electrons. The summed E-state index contributed by atoms with van der Waals surface area (Å²) in [7, 11) is 1.73. The van der Waals surface area contributed by atoms with E-state index in [1.54, 1.807) is 51.1 Å². The lowest BCUT2D eigenvalue weighted by Gasteiger charge is -2.54. The van der Waals surface area contributed by atoms with Gasteiger partial charge in [-0.05, 0) is 34.4 Å². The van der Waals surface area contributed by atoms with Crippen LogP contribution in [-0.2, 0) is 22.6 Å². The molecule has 2 atom stereocenters. The van der Waals surface area contributed by atoms with Crippen molar-refractivity contribution in [3.05, 3.63) is 138 Å². The summed E-state index contributed by atoms with van der Waals surface area (Å²) in [6.45, 7) is 0.830. The van der Waals surface area contributed by atoms with E-state index in [0.29, 0.717) is 13.1 Å². The third-order valence-corrected chi connectivity index (χ3v) is 8.61. The van der Waals surface area contributed by atoms with Crippen molar-refractivity contribution in [2.24, 2.45) is 0 Å². The maximum absolute atomic E-state index is 14.4. The molecule has 45 heavy (non-hydrogen) atoms. The number of aromatic hydroxyl groups is 1. The van der Waals surface area contributed by atoms with E-state index < -0.39 is 12.2 Å². The molecule has 0 aromatic heterocycles. The lowest BCUT2D eigenvalue weighted by molar-refractivity contribution is -0.187. The Morgan fingerprint density at radius 1 is 0.822 bits per heavy atom. The first-order valence-electron chi connectivity index (χ1n) is 15.2. The second-order valence-electron chi connectivity index (χ2n) is 11.6. The van der Waals surface area contributed by atoms with Gasteiger partial charge in [-0.15, -0.1) is 0 Å². The zero-order valence-electron chi connectivity index (χ0n) is 25.2. The highest BCUT2D eigenvalue weighted by Gasteiger charge is 2.51. The maximum Gasteiger partial charge on any atom is 0.334 e. The number of hydrogen-bond acceptors (Lipinski definition) is 5. The summed E-state index contributed by atoms with van der Waals surface area (Å²) in [5.74, 6) is -0.374. The molecule has 6 rings (SSSR count). The highest BCUT2D eigenvalue weighted by Crippen LogP contribution is 2.32. The van der Waals surface area contributed by atoms with Crippen molar-refractivity contribution in [1.29, 1.82) is 0 Å². The van der Waals surface area contributed by atoms with Gasteiger partial charge < -0.3 is 20.2 Å². The largest absolute Gasteiger partial charge is 0.508 e. The van der Waals surface area contributed by atoms with Crippen LogP contribution in [0.5, 0.6) is 5.75 Å². The predicted molar refractivity (Wildman–Crippen MR) is 171 cm³/mol. The minimum atomic E-state index is -0.828. The molecular formula is C36H37N5O4. The quantitative estimate of drug-likeness (QED) is 0.315. The van der Waals surface area contributed by atoms with Gasteiger partial charge in [0.05, 0.1) is 13.1 Å². The second kappa shape index (κ2) is 13.2. The normalized spacial score (nSPS) is 18.7. The van der Waals surface area contributed by atoms with Crippen LogP contribution in [0, 0.1) is 0 Å². The Balaban J connectivity index is 1.35. The van der Waals surface area contributed by atoms with Crippen LogP contribution in [0.15, 0.2) is 115 Å². The molecular weight excluding hydrogens is 566 g/mol. The van der Waals surface area contributed by atoms with Gasteiger partial charge in [0.15, 0.2) is 0 Å². The predicted octanol–water partition coefficient (Wildman–Crippen LogP) is 4.20. The number of nitrogens with zero attached hydrogens (tertiary/aromatic N) is 4. The molecule has 0 spiro atoms. The Morgan fingerprint density at radius 2 is 1.40 bits per heavy atom. The topological polar surface area (TPSA) is 96.4 Å². The number of piperazine rings is 1. The highest BCUT2D eigenvalue weighted by atomic mass is 16.3. The van der Waals surface area contributed by atoms with Crippen molar-refractivity contribution in [1.82, 2.24) is 25.1 Å². The number of phenols is 1. The zero-order chi connectivity index (χ0) is 31.3. The highest BCUT2D eigenvalue weighted by molar-refractivity contribution is 5.91. The lowest BCUT2D eigenvalue weighted by Crippen LogP contribution is -2.76. The van der Waals surface area contributed by atoms with E-state index in [4.69, 9.17) is 0 Å². The summed E-state index contributed by atoms with van der Waals surface area (Å²) < 4.78 is 0. The summed E-state index contributed by atoms with van der Waals surface area (Å²) in [6.07, 6.45) is -0.457. The molecule has 4 aromatic rings. The molecule has 0 bridgehead atoms. The Kier molecular flexibility index (Phi) is 8.79. The number of fused-ring (bicyclic) bond motifs is 1. The Morgan fingerprint density at radius 3 is 2.00 bits per heavy atom. The number of rotatable bonds is 8. The molecule has 4 aromatic carbocycles. The zero-order valence-corrected chi connectivity index (χ0v) is 25.2. The second-order valence-corrected chi connectivity index (χ2v) is 11.6. The molecule has 2 heterocycles. The third kappa shape index (κ3) is 6.53. The van der Waals surface area contributed by atoms with Crippen molar-refractivity contribution in [3.8, 4) is 5.75 Å². The number of nitrogens with one attached hydrogen (secondary N) is 1. The van der Waals surface area contributed by atoms with Crippen LogP contribution in [0.3, 0.4) is 0 Å². The van der Waals surface area contributed by atoms with Crippen molar-refractivity contribution in [2.75, 3.05) is 26.7 Å². The summed E-state index contributed by atoms with van der Waals surface area (Å²) in [4.78, 5) is 45.3. The minimum absolute atomic E-state index is 0.0364. The lowest BCUT2D eigenvalue weighted by atomic mass is 9.89. The fourth-order valence-corrected chi connectivity index (χ4v) is 6.37. The van der Waals surface area contributed by atoms with Gasteiger partial charge in [-0.2, -0.15) is 0 Å². The first-order valence-corrected chi connectivity index (χ1v) is 15.2.